The molecular formula is C21H29BN6O4. The maximum absolute atomic E-state index is 13.0. The molecule has 0 aliphatic carbocycles. The van der Waals surface area contributed by atoms with Crippen molar-refractivity contribution in [3.63, 3.8) is 0 Å². The van der Waals surface area contributed by atoms with Crippen molar-refractivity contribution < 1.29 is 19.6 Å². The lowest BCUT2D eigenvalue weighted by atomic mass is 9.76. The van der Waals surface area contributed by atoms with E-state index in [1.54, 1.807) is 54.6 Å². The Hall–Kier alpha value is -3.57. The fourth-order valence-corrected chi connectivity index (χ4v) is 3.03. The van der Waals surface area contributed by atoms with Crippen molar-refractivity contribution in [3.05, 3.63) is 65.7 Å². The highest BCUT2D eigenvalue weighted by Gasteiger charge is 2.29. The van der Waals surface area contributed by atoms with E-state index in [1.165, 1.54) is 0 Å². The van der Waals surface area contributed by atoms with Crippen LogP contribution in [0.5, 0.6) is 0 Å². The highest BCUT2D eigenvalue weighted by molar-refractivity contribution is 6.43. The highest BCUT2D eigenvalue weighted by Crippen LogP contribution is 2.10. The van der Waals surface area contributed by atoms with Crippen LogP contribution in [0.2, 0.25) is 0 Å². The number of nitrogen functional groups attached to an aromatic ring is 1. The van der Waals surface area contributed by atoms with Gasteiger partial charge in [0.05, 0.1) is 5.94 Å². The minimum absolute atomic E-state index is 0.0673. The van der Waals surface area contributed by atoms with E-state index in [-0.39, 0.29) is 25.3 Å². The number of aliphatic imine (C=N–C) groups is 1. The van der Waals surface area contributed by atoms with Gasteiger partial charge in [-0.15, -0.1) is 0 Å². The largest absolute Gasteiger partial charge is 0.475 e. The molecule has 0 aliphatic rings. The molecule has 170 valence electrons. The molecule has 2 aromatic carbocycles. The fraction of sp³-hybridized carbons (Fsp3) is 0.286. The summed E-state index contributed by atoms with van der Waals surface area (Å²) in [5, 5.41) is 24.7. The van der Waals surface area contributed by atoms with Crippen LogP contribution in [0, 0.1) is 0 Å². The molecule has 2 aromatic rings. The summed E-state index contributed by atoms with van der Waals surface area (Å²) in [7, 11) is -1.79. The maximum Gasteiger partial charge on any atom is 0.475 e. The molecule has 2 atom stereocenters. The molecule has 0 fully saturated rings. The summed E-state index contributed by atoms with van der Waals surface area (Å²) in [4.78, 5) is 29.5. The van der Waals surface area contributed by atoms with Crippen LogP contribution in [-0.4, -0.2) is 53.5 Å². The number of anilines is 1. The number of carbonyl (C=O) groups excluding carboxylic acids is 2. The van der Waals surface area contributed by atoms with Gasteiger partial charge >= 0.3 is 7.12 Å². The lowest BCUT2D eigenvalue weighted by molar-refractivity contribution is -0.123. The van der Waals surface area contributed by atoms with Gasteiger partial charge in [-0.1, -0.05) is 30.3 Å². The minimum Gasteiger partial charge on any atom is -0.426 e. The number of hydrogen-bond donors (Lipinski definition) is 7. The summed E-state index contributed by atoms with van der Waals surface area (Å²) in [6, 6.07) is 14.5. The van der Waals surface area contributed by atoms with Gasteiger partial charge in [-0.2, -0.15) is 0 Å². The second-order valence-corrected chi connectivity index (χ2v) is 7.32. The Balaban J connectivity index is 2.12. The maximum atomic E-state index is 13.0. The summed E-state index contributed by atoms with van der Waals surface area (Å²) in [5.41, 5.74) is 18.0. The predicted octanol–water partition coefficient (Wildman–Crippen LogP) is -0.840. The zero-order chi connectivity index (χ0) is 23.5. The number of benzene rings is 2. The van der Waals surface area contributed by atoms with Gasteiger partial charge in [0.1, 0.15) is 6.04 Å². The summed E-state index contributed by atoms with van der Waals surface area (Å²) >= 11 is 0. The number of carbonyl (C=O) groups is 2. The van der Waals surface area contributed by atoms with Crippen LogP contribution < -0.4 is 27.8 Å². The molecule has 10 nitrogen and oxygen atoms in total. The number of rotatable bonds is 11. The van der Waals surface area contributed by atoms with Crippen LogP contribution in [0.4, 0.5) is 5.69 Å². The summed E-state index contributed by atoms with van der Waals surface area (Å²) in [5.74, 6) is -2.00. The Labute approximate surface area is 187 Å². The van der Waals surface area contributed by atoms with Gasteiger partial charge in [-0.05, 0) is 42.7 Å². The normalized spacial score (nSPS) is 12.3. The monoisotopic (exact) mass is 440 g/mol. The van der Waals surface area contributed by atoms with Crippen LogP contribution in [0.25, 0.3) is 0 Å². The molecule has 0 unspecified atom stereocenters. The minimum atomic E-state index is -1.79. The SMILES string of the molecule is NC(N)=NCCC[C@H](NC(=O)[C@H](Cc1ccc(N)cc1)NC(=O)c1ccccc1)B(O)O. The van der Waals surface area contributed by atoms with E-state index in [2.05, 4.69) is 15.6 Å². The first-order valence-corrected chi connectivity index (χ1v) is 10.2. The Bertz CT molecular complexity index is 904. The summed E-state index contributed by atoms with van der Waals surface area (Å²) < 4.78 is 0. The van der Waals surface area contributed by atoms with Gasteiger partial charge < -0.3 is 37.9 Å². The Kier molecular flexibility index (Phi) is 9.52. The van der Waals surface area contributed by atoms with Gasteiger partial charge in [0.15, 0.2) is 5.96 Å². The van der Waals surface area contributed by atoms with Crippen molar-refractivity contribution >= 4 is 30.6 Å². The van der Waals surface area contributed by atoms with E-state index in [1.807, 2.05) is 0 Å². The molecule has 0 heterocycles. The van der Waals surface area contributed by atoms with Gasteiger partial charge in [0.25, 0.3) is 5.91 Å². The van der Waals surface area contributed by atoms with Crippen LogP contribution in [0.1, 0.15) is 28.8 Å². The van der Waals surface area contributed by atoms with Crippen LogP contribution in [0.15, 0.2) is 59.6 Å². The van der Waals surface area contributed by atoms with Gasteiger partial charge in [0.2, 0.25) is 5.91 Å². The predicted molar refractivity (Wildman–Crippen MR) is 124 cm³/mol. The van der Waals surface area contributed by atoms with Gasteiger partial charge in [-0.25, -0.2) is 0 Å². The molecule has 11 heteroatoms. The number of hydrogen-bond acceptors (Lipinski definition) is 6. The number of nitrogens with one attached hydrogen (secondary N) is 2. The molecule has 0 aromatic heterocycles. The van der Waals surface area contributed by atoms with E-state index < -0.39 is 30.9 Å². The van der Waals surface area contributed by atoms with Crippen molar-refractivity contribution in [3.8, 4) is 0 Å². The third-order valence-electron chi connectivity index (χ3n) is 4.73. The highest BCUT2D eigenvalue weighted by atomic mass is 16.4. The molecule has 0 bridgehead atoms. The molecule has 0 spiro atoms. The number of amides is 2. The smallest absolute Gasteiger partial charge is 0.426 e. The van der Waals surface area contributed by atoms with Crippen molar-refractivity contribution in [2.75, 3.05) is 12.3 Å². The number of guanidine groups is 1. The lowest BCUT2D eigenvalue weighted by Gasteiger charge is -2.23. The van der Waals surface area contributed by atoms with E-state index in [9.17, 15) is 19.6 Å². The van der Waals surface area contributed by atoms with Crippen LogP contribution in [0.3, 0.4) is 0 Å². The second kappa shape index (κ2) is 12.3. The first-order chi connectivity index (χ1) is 15.3. The molecule has 0 radical (unpaired) electrons. The lowest BCUT2D eigenvalue weighted by Crippen LogP contribution is -2.54. The standard InChI is InChI=1S/C21H29BN6O4/c23-16-10-8-14(9-11-16)13-17(27-19(29)15-5-2-1-3-6-15)20(30)28-18(22(31)32)7-4-12-26-21(24)25/h1-3,5-6,8-11,17-18,31-32H,4,7,12-13,23H2,(H,27,29)(H,28,30)(H4,24,25,26)/t17-,18-/m0/s1. The van der Waals surface area contributed by atoms with E-state index in [0.717, 1.165) is 5.56 Å². The van der Waals surface area contributed by atoms with E-state index in [0.29, 0.717) is 17.7 Å². The number of nitrogens with zero attached hydrogens (tertiary/aromatic N) is 1. The van der Waals surface area contributed by atoms with E-state index >= 15 is 0 Å². The van der Waals surface area contributed by atoms with Crippen molar-refractivity contribution in [2.45, 2.75) is 31.2 Å². The Morgan fingerprint density at radius 1 is 1.00 bits per heavy atom. The molecule has 0 saturated heterocycles. The third-order valence-corrected chi connectivity index (χ3v) is 4.73. The quantitative estimate of drug-likeness (QED) is 0.0779. The summed E-state index contributed by atoms with van der Waals surface area (Å²) in [6.07, 6.45) is 0.827. The molecule has 2 rings (SSSR count). The van der Waals surface area contributed by atoms with Gasteiger partial charge in [0, 0.05) is 24.2 Å². The zero-order valence-electron chi connectivity index (χ0n) is 17.6. The van der Waals surface area contributed by atoms with Crippen molar-refractivity contribution in [1.29, 1.82) is 0 Å². The average Bonchev–Trinajstić information content (AvgIpc) is 2.76. The zero-order valence-corrected chi connectivity index (χ0v) is 17.6. The fourth-order valence-electron chi connectivity index (χ4n) is 3.03. The molecule has 32 heavy (non-hydrogen) atoms. The van der Waals surface area contributed by atoms with Crippen LogP contribution in [-0.2, 0) is 11.2 Å². The van der Waals surface area contributed by atoms with Crippen molar-refractivity contribution in [1.82, 2.24) is 10.6 Å². The first-order valence-electron chi connectivity index (χ1n) is 10.2. The Morgan fingerprint density at radius 3 is 2.25 bits per heavy atom. The topological polar surface area (TPSA) is 189 Å². The molecule has 10 N–H and O–H groups in total. The molecule has 0 saturated carbocycles. The average molecular weight is 440 g/mol. The second-order valence-electron chi connectivity index (χ2n) is 7.32. The first kappa shape index (κ1) is 24.7. The third kappa shape index (κ3) is 8.28. The number of nitrogens with two attached hydrogens (primary N) is 3. The van der Waals surface area contributed by atoms with Crippen LogP contribution >= 0.6 is 0 Å². The van der Waals surface area contributed by atoms with Crippen molar-refractivity contribution in [2.24, 2.45) is 16.5 Å². The Morgan fingerprint density at radius 2 is 1.66 bits per heavy atom. The van der Waals surface area contributed by atoms with E-state index in [4.69, 9.17) is 17.2 Å². The molecule has 2 amide bonds. The molecular weight excluding hydrogens is 411 g/mol. The van der Waals surface area contributed by atoms with Gasteiger partial charge in [-0.3, -0.25) is 14.6 Å². The summed E-state index contributed by atoms with van der Waals surface area (Å²) in [6.45, 7) is 0.279. The molecule has 0 aliphatic heterocycles.